The average Bonchev–Trinajstić information content (AvgIpc) is 3.06. The average molecular weight is 561 g/mol. The summed E-state index contributed by atoms with van der Waals surface area (Å²) in [5, 5.41) is 11.6. The van der Waals surface area contributed by atoms with Crippen LogP contribution in [0.2, 0.25) is 0 Å². The first-order valence-corrected chi connectivity index (χ1v) is 12.0. The summed E-state index contributed by atoms with van der Waals surface area (Å²) in [6.07, 6.45) is -0.502. The highest BCUT2D eigenvalue weighted by Gasteiger charge is 2.18. The van der Waals surface area contributed by atoms with E-state index in [1.807, 2.05) is 24.3 Å². The lowest BCUT2D eigenvalue weighted by molar-refractivity contribution is -0.149. The van der Waals surface area contributed by atoms with Crippen molar-refractivity contribution in [2.75, 3.05) is 13.2 Å². The minimum atomic E-state index is -0.947. The molecular formula is C25H23Br2NO4. The number of ether oxygens (including phenoxy) is 2. The van der Waals surface area contributed by atoms with E-state index < -0.39 is 12.1 Å². The highest BCUT2D eigenvalue weighted by molar-refractivity contribution is 9.10. The van der Waals surface area contributed by atoms with Crippen LogP contribution in [0.3, 0.4) is 0 Å². The summed E-state index contributed by atoms with van der Waals surface area (Å²) in [5.74, 6) is -0.194. The molecule has 3 aromatic carbocycles. The van der Waals surface area contributed by atoms with Crippen molar-refractivity contribution < 1.29 is 19.4 Å². The second-order valence-electron chi connectivity index (χ2n) is 7.45. The fourth-order valence-corrected chi connectivity index (χ4v) is 4.62. The Kier molecular flexibility index (Phi) is 7.18. The summed E-state index contributed by atoms with van der Waals surface area (Å²) in [7, 11) is 0. The van der Waals surface area contributed by atoms with E-state index in [-0.39, 0.29) is 0 Å². The molecule has 0 spiro atoms. The van der Waals surface area contributed by atoms with E-state index in [4.69, 9.17) is 9.47 Å². The van der Waals surface area contributed by atoms with Crippen LogP contribution in [-0.4, -0.2) is 35.0 Å². The SMILES string of the molecule is CCOC(Cc1ccc(OCCn2c3ccc(Br)cc3c3cc(Br)ccc32)cc1)C(=O)O. The van der Waals surface area contributed by atoms with E-state index >= 15 is 0 Å². The van der Waals surface area contributed by atoms with Crippen LogP contribution in [0.25, 0.3) is 21.8 Å². The van der Waals surface area contributed by atoms with Crippen molar-refractivity contribution in [1.29, 1.82) is 0 Å². The highest BCUT2D eigenvalue weighted by atomic mass is 79.9. The maximum Gasteiger partial charge on any atom is 0.333 e. The Hall–Kier alpha value is -2.35. The van der Waals surface area contributed by atoms with Gasteiger partial charge in [-0.25, -0.2) is 4.79 Å². The van der Waals surface area contributed by atoms with E-state index in [0.29, 0.717) is 26.2 Å². The number of aliphatic carboxylic acids is 1. The number of benzene rings is 3. The van der Waals surface area contributed by atoms with Crippen LogP contribution in [0.4, 0.5) is 0 Å². The fourth-order valence-electron chi connectivity index (χ4n) is 3.90. The zero-order valence-corrected chi connectivity index (χ0v) is 20.7. The molecule has 4 aromatic rings. The normalized spacial score (nSPS) is 12.3. The molecule has 1 N–H and O–H groups in total. The molecule has 0 aliphatic heterocycles. The Bertz CT molecular complexity index is 1190. The number of carboxylic acid groups (broad SMARTS) is 1. The van der Waals surface area contributed by atoms with Gasteiger partial charge in [-0.1, -0.05) is 44.0 Å². The standard InChI is InChI=1S/C25H23Br2NO4/c1-2-31-24(25(29)30)13-16-3-7-19(8-4-16)32-12-11-28-22-9-5-17(26)14-20(22)21-15-18(27)6-10-23(21)28/h3-10,14-15,24H,2,11-13H2,1H3,(H,29,30). The third-order valence-corrected chi connectivity index (χ3v) is 6.35. The Morgan fingerprint density at radius 1 is 0.969 bits per heavy atom. The van der Waals surface area contributed by atoms with Gasteiger partial charge < -0.3 is 19.1 Å². The molecule has 32 heavy (non-hydrogen) atoms. The van der Waals surface area contributed by atoms with Crippen LogP contribution in [0.1, 0.15) is 12.5 Å². The second kappa shape index (κ2) is 10.1. The van der Waals surface area contributed by atoms with E-state index in [1.165, 1.54) is 10.8 Å². The molecule has 0 amide bonds. The van der Waals surface area contributed by atoms with Gasteiger partial charge in [0.15, 0.2) is 6.10 Å². The molecule has 7 heteroatoms. The third-order valence-electron chi connectivity index (χ3n) is 5.36. The molecule has 0 aliphatic carbocycles. The Balaban J connectivity index is 1.47. The van der Waals surface area contributed by atoms with Crippen molar-refractivity contribution in [1.82, 2.24) is 4.57 Å². The van der Waals surface area contributed by atoms with Gasteiger partial charge in [0, 0.05) is 43.8 Å². The zero-order valence-electron chi connectivity index (χ0n) is 17.6. The van der Waals surface area contributed by atoms with Crippen LogP contribution in [-0.2, 0) is 22.5 Å². The smallest absolute Gasteiger partial charge is 0.333 e. The van der Waals surface area contributed by atoms with E-state index in [2.05, 4.69) is 72.8 Å². The van der Waals surface area contributed by atoms with E-state index in [0.717, 1.165) is 31.3 Å². The van der Waals surface area contributed by atoms with Gasteiger partial charge in [-0.15, -0.1) is 0 Å². The molecule has 0 fully saturated rings. The maximum atomic E-state index is 11.3. The van der Waals surface area contributed by atoms with Crippen molar-refractivity contribution in [2.24, 2.45) is 0 Å². The number of carbonyl (C=O) groups is 1. The molecule has 1 atom stereocenters. The number of aromatic nitrogens is 1. The number of hydrogen-bond acceptors (Lipinski definition) is 3. The molecule has 0 aliphatic rings. The lowest BCUT2D eigenvalue weighted by Crippen LogP contribution is -2.26. The second-order valence-corrected chi connectivity index (χ2v) is 9.28. The summed E-state index contributed by atoms with van der Waals surface area (Å²) in [4.78, 5) is 11.3. The molecule has 0 radical (unpaired) electrons. The lowest BCUT2D eigenvalue weighted by atomic mass is 10.1. The van der Waals surface area contributed by atoms with Crippen LogP contribution >= 0.6 is 31.9 Å². The summed E-state index contributed by atoms with van der Waals surface area (Å²) in [6, 6.07) is 20.2. The first-order chi connectivity index (χ1) is 15.5. The molecule has 1 aromatic heterocycles. The van der Waals surface area contributed by atoms with Gasteiger partial charge in [0.2, 0.25) is 0 Å². The molecule has 5 nitrogen and oxygen atoms in total. The lowest BCUT2D eigenvalue weighted by Gasteiger charge is -2.13. The maximum absolute atomic E-state index is 11.3. The van der Waals surface area contributed by atoms with Gasteiger partial charge in [0.25, 0.3) is 0 Å². The van der Waals surface area contributed by atoms with Crippen molar-refractivity contribution in [3.05, 3.63) is 75.2 Å². The summed E-state index contributed by atoms with van der Waals surface area (Å²) in [5.41, 5.74) is 3.23. The first kappa shape index (κ1) is 22.8. The van der Waals surface area contributed by atoms with Gasteiger partial charge in [-0.2, -0.15) is 0 Å². The van der Waals surface area contributed by atoms with Crippen LogP contribution in [0.5, 0.6) is 5.75 Å². The predicted octanol–water partition coefficient (Wildman–Crippen LogP) is 6.43. The van der Waals surface area contributed by atoms with Gasteiger partial charge >= 0.3 is 5.97 Å². The molecule has 0 saturated heterocycles. The summed E-state index contributed by atoms with van der Waals surface area (Å²) in [6.45, 7) is 3.38. The van der Waals surface area contributed by atoms with Gasteiger partial charge in [-0.05, 0) is 61.0 Å². The largest absolute Gasteiger partial charge is 0.492 e. The minimum absolute atomic E-state index is 0.329. The number of hydrogen-bond donors (Lipinski definition) is 1. The van der Waals surface area contributed by atoms with Crippen molar-refractivity contribution in [3.63, 3.8) is 0 Å². The molecule has 1 heterocycles. The molecule has 0 saturated carbocycles. The van der Waals surface area contributed by atoms with E-state index in [9.17, 15) is 9.90 Å². The molecule has 4 rings (SSSR count). The van der Waals surface area contributed by atoms with Gasteiger partial charge in [0.1, 0.15) is 12.4 Å². The Labute approximate surface area is 203 Å². The van der Waals surface area contributed by atoms with Crippen LogP contribution in [0.15, 0.2) is 69.6 Å². The number of carboxylic acids is 1. The molecular weight excluding hydrogens is 538 g/mol. The number of fused-ring (bicyclic) bond motifs is 3. The molecule has 1 unspecified atom stereocenters. The monoisotopic (exact) mass is 559 g/mol. The highest BCUT2D eigenvalue weighted by Crippen LogP contribution is 2.33. The van der Waals surface area contributed by atoms with Crippen LogP contribution in [0, 0.1) is 0 Å². The number of nitrogens with zero attached hydrogens (tertiary/aromatic N) is 1. The first-order valence-electron chi connectivity index (χ1n) is 10.4. The fraction of sp³-hybridized carbons (Fsp3) is 0.240. The van der Waals surface area contributed by atoms with Gasteiger partial charge in [0.05, 0.1) is 6.54 Å². The van der Waals surface area contributed by atoms with Crippen molar-refractivity contribution in [2.45, 2.75) is 26.0 Å². The Morgan fingerprint density at radius 3 is 2.09 bits per heavy atom. The Morgan fingerprint density at radius 2 is 1.56 bits per heavy atom. The summed E-state index contributed by atoms with van der Waals surface area (Å²) < 4.78 is 15.7. The van der Waals surface area contributed by atoms with Crippen molar-refractivity contribution in [3.8, 4) is 5.75 Å². The number of halogens is 2. The molecule has 166 valence electrons. The summed E-state index contributed by atoms with van der Waals surface area (Å²) >= 11 is 7.16. The zero-order chi connectivity index (χ0) is 22.7. The van der Waals surface area contributed by atoms with E-state index in [1.54, 1.807) is 6.92 Å². The minimum Gasteiger partial charge on any atom is -0.492 e. The van der Waals surface area contributed by atoms with Crippen molar-refractivity contribution >= 4 is 59.6 Å². The predicted molar refractivity (Wildman–Crippen MR) is 134 cm³/mol. The topological polar surface area (TPSA) is 60.7 Å². The van der Waals surface area contributed by atoms with Gasteiger partial charge in [-0.3, -0.25) is 0 Å². The third kappa shape index (κ3) is 5.00. The number of rotatable bonds is 9. The quantitative estimate of drug-likeness (QED) is 0.256. The molecule has 0 bridgehead atoms. The van der Waals surface area contributed by atoms with Crippen LogP contribution < -0.4 is 4.74 Å².